The molecule has 5 aromatic rings. The molecule has 0 bridgehead atoms. The number of hydrogen-bond donors (Lipinski definition) is 1. The van der Waals surface area contributed by atoms with Crippen LogP contribution in [0.3, 0.4) is 0 Å². The number of benzene rings is 3. The van der Waals surface area contributed by atoms with E-state index in [1.807, 2.05) is 41.0 Å². The fourth-order valence-electron chi connectivity index (χ4n) is 5.66. The molecule has 3 aromatic carbocycles. The lowest BCUT2D eigenvalue weighted by Gasteiger charge is -2.34. The Balaban J connectivity index is 1.33. The molecule has 0 aliphatic carbocycles. The molecule has 7 heteroatoms. The van der Waals surface area contributed by atoms with Gasteiger partial charge in [0, 0.05) is 67.2 Å². The van der Waals surface area contributed by atoms with Crippen molar-refractivity contribution < 1.29 is 0 Å². The van der Waals surface area contributed by atoms with Crippen LogP contribution in [0.1, 0.15) is 30.0 Å². The zero-order valence-electron chi connectivity index (χ0n) is 22.9. The molecule has 0 spiro atoms. The number of fused-ring (bicyclic) bond motifs is 1. The van der Waals surface area contributed by atoms with E-state index in [1.165, 1.54) is 5.69 Å². The van der Waals surface area contributed by atoms with E-state index in [1.54, 1.807) is 18.3 Å². The molecule has 7 nitrogen and oxygen atoms in total. The largest absolute Gasteiger partial charge is 0.369 e. The Morgan fingerprint density at radius 3 is 2.02 bits per heavy atom. The number of nitrogens with zero attached hydrogens (tertiary/aromatic N) is 5. The fourth-order valence-corrected chi connectivity index (χ4v) is 5.66. The minimum absolute atomic E-state index is 0.0285. The average molecular weight is 531 g/mol. The molecule has 1 aliphatic heterocycles. The first-order valence-corrected chi connectivity index (χ1v) is 13.9. The Kier molecular flexibility index (Phi) is 7.29. The Hall–Kier alpha value is -4.49. The van der Waals surface area contributed by atoms with Gasteiger partial charge in [-0.05, 0) is 55.4 Å². The molecule has 3 heterocycles. The van der Waals surface area contributed by atoms with Crippen LogP contribution in [0.4, 0.5) is 17.3 Å². The van der Waals surface area contributed by atoms with Crippen LogP contribution in [-0.2, 0) is 0 Å². The molecular formula is C33H34N6O. The van der Waals surface area contributed by atoms with Gasteiger partial charge in [-0.15, -0.1) is 0 Å². The quantitative estimate of drug-likeness (QED) is 0.292. The van der Waals surface area contributed by atoms with Crippen molar-refractivity contribution in [2.75, 3.05) is 43.4 Å². The Morgan fingerprint density at radius 2 is 1.40 bits per heavy atom. The summed E-state index contributed by atoms with van der Waals surface area (Å²) in [5, 5.41) is 4.17. The molecule has 1 atom stereocenters. The Bertz CT molecular complexity index is 1590. The normalized spacial score (nSPS) is 14.9. The molecule has 1 unspecified atom stereocenters. The molecule has 0 radical (unpaired) electrons. The van der Waals surface area contributed by atoms with Gasteiger partial charge in [0.25, 0.3) is 5.56 Å². The first-order valence-electron chi connectivity index (χ1n) is 13.9. The van der Waals surface area contributed by atoms with Gasteiger partial charge in [0.15, 0.2) is 0 Å². The van der Waals surface area contributed by atoms with Gasteiger partial charge in [-0.3, -0.25) is 9.36 Å². The number of likely N-dealkylation sites (N-methyl/N-ethyl adjacent to an activating group) is 1. The number of piperazine rings is 1. The van der Waals surface area contributed by atoms with Crippen molar-refractivity contribution in [3.05, 3.63) is 125 Å². The van der Waals surface area contributed by atoms with Gasteiger partial charge in [0.2, 0.25) is 5.95 Å². The number of nitrogens with one attached hydrogen (secondary N) is 1. The van der Waals surface area contributed by atoms with Crippen molar-refractivity contribution in [1.29, 1.82) is 0 Å². The van der Waals surface area contributed by atoms with Crippen LogP contribution in [0, 0.1) is 0 Å². The van der Waals surface area contributed by atoms with Crippen LogP contribution in [0.25, 0.3) is 11.0 Å². The molecule has 0 saturated carbocycles. The molecule has 1 N–H and O–H groups in total. The summed E-state index contributed by atoms with van der Waals surface area (Å²) in [6, 6.07) is 32.3. The number of hydrogen-bond acceptors (Lipinski definition) is 6. The maximum atomic E-state index is 13.4. The van der Waals surface area contributed by atoms with E-state index in [4.69, 9.17) is 4.98 Å². The zero-order valence-corrected chi connectivity index (χ0v) is 22.9. The van der Waals surface area contributed by atoms with Crippen LogP contribution in [-0.4, -0.2) is 52.7 Å². The molecule has 1 saturated heterocycles. The summed E-state index contributed by atoms with van der Waals surface area (Å²) in [7, 11) is 2.16. The highest BCUT2D eigenvalue weighted by atomic mass is 16.1. The van der Waals surface area contributed by atoms with Crippen molar-refractivity contribution in [1.82, 2.24) is 19.4 Å². The summed E-state index contributed by atoms with van der Waals surface area (Å²) in [6.07, 6.45) is 1.78. The standard InChI is InChI=1S/C33H34N6O/c1-24(31(25-9-5-3-6-10-25)26-11-7-4-8-12-26)39-30(40)18-13-27-23-34-33(36-32(27)39)35-28-14-16-29(17-15-28)38-21-19-37(2)20-22-38/h3-18,23-24,31H,19-22H2,1-2H3,(H,34,35,36). The molecule has 2 aromatic heterocycles. The highest BCUT2D eigenvalue weighted by Crippen LogP contribution is 2.35. The predicted octanol–water partition coefficient (Wildman–Crippen LogP) is 5.68. The number of rotatable bonds is 7. The van der Waals surface area contributed by atoms with Crippen LogP contribution < -0.4 is 15.8 Å². The van der Waals surface area contributed by atoms with Gasteiger partial charge in [0.1, 0.15) is 5.65 Å². The van der Waals surface area contributed by atoms with E-state index >= 15 is 0 Å². The maximum Gasteiger partial charge on any atom is 0.252 e. The van der Waals surface area contributed by atoms with Crippen LogP contribution in [0.15, 0.2) is 108 Å². The van der Waals surface area contributed by atoms with Gasteiger partial charge in [0.05, 0.1) is 0 Å². The van der Waals surface area contributed by atoms with Gasteiger partial charge < -0.3 is 15.1 Å². The average Bonchev–Trinajstić information content (AvgIpc) is 2.99. The van der Waals surface area contributed by atoms with Crippen LogP contribution in [0.5, 0.6) is 0 Å². The van der Waals surface area contributed by atoms with Crippen molar-refractivity contribution in [3.63, 3.8) is 0 Å². The molecule has 1 fully saturated rings. The lowest BCUT2D eigenvalue weighted by molar-refractivity contribution is 0.313. The van der Waals surface area contributed by atoms with Gasteiger partial charge in [-0.1, -0.05) is 60.7 Å². The van der Waals surface area contributed by atoms with E-state index in [0.29, 0.717) is 11.6 Å². The first-order chi connectivity index (χ1) is 19.6. The Labute approximate surface area is 234 Å². The fraction of sp³-hybridized carbons (Fsp3) is 0.242. The van der Waals surface area contributed by atoms with E-state index < -0.39 is 0 Å². The smallest absolute Gasteiger partial charge is 0.252 e. The summed E-state index contributed by atoms with van der Waals surface area (Å²) in [6.45, 7) is 6.29. The third-order valence-corrected chi connectivity index (χ3v) is 7.87. The van der Waals surface area contributed by atoms with Crippen LogP contribution >= 0.6 is 0 Å². The number of anilines is 3. The SMILES string of the molecule is CC(C(c1ccccc1)c1ccccc1)n1c(=O)ccc2cnc(Nc3ccc(N4CCN(C)CC4)cc3)nc21. The minimum Gasteiger partial charge on any atom is -0.369 e. The molecule has 1 aliphatic rings. The van der Waals surface area contributed by atoms with Crippen LogP contribution in [0.2, 0.25) is 0 Å². The van der Waals surface area contributed by atoms with E-state index in [9.17, 15) is 4.79 Å². The minimum atomic E-state index is -0.188. The van der Waals surface area contributed by atoms with E-state index in [2.05, 4.69) is 82.6 Å². The van der Waals surface area contributed by atoms with Gasteiger partial charge in [-0.2, -0.15) is 4.98 Å². The second-order valence-corrected chi connectivity index (χ2v) is 10.5. The van der Waals surface area contributed by atoms with E-state index in [-0.39, 0.29) is 17.5 Å². The van der Waals surface area contributed by atoms with Crippen molar-refractivity contribution in [2.24, 2.45) is 0 Å². The van der Waals surface area contributed by atoms with Crippen molar-refractivity contribution >= 4 is 28.4 Å². The third-order valence-electron chi connectivity index (χ3n) is 7.87. The second kappa shape index (κ2) is 11.3. The molecule has 6 rings (SSSR count). The molecular weight excluding hydrogens is 496 g/mol. The molecule has 202 valence electrons. The lowest BCUT2D eigenvalue weighted by atomic mass is 9.85. The van der Waals surface area contributed by atoms with E-state index in [0.717, 1.165) is 48.4 Å². The second-order valence-electron chi connectivity index (χ2n) is 10.5. The first kappa shape index (κ1) is 25.8. The van der Waals surface area contributed by atoms with Gasteiger partial charge in [-0.25, -0.2) is 4.98 Å². The molecule has 40 heavy (non-hydrogen) atoms. The summed E-state index contributed by atoms with van der Waals surface area (Å²) >= 11 is 0. The summed E-state index contributed by atoms with van der Waals surface area (Å²) in [5.74, 6) is 0.432. The predicted molar refractivity (Wildman–Crippen MR) is 163 cm³/mol. The zero-order chi connectivity index (χ0) is 27.5. The maximum absolute atomic E-state index is 13.4. The monoisotopic (exact) mass is 530 g/mol. The highest BCUT2D eigenvalue weighted by Gasteiger charge is 2.25. The summed E-state index contributed by atoms with van der Waals surface area (Å²) in [5.41, 5.74) is 4.95. The lowest BCUT2D eigenvalue weighted by Crippen LogP contribution is -2.44. The van der Waals surface area contributed by atoms with Crippen molar-refractivity contribution in [3.8, 4) is 0 Å². The number of aromatic nitrogens is 3. The molecule has 0 amide bonds. The highest BCUT2D eigenvalue weighted by molar-refractivity contribution is 5.76. The number of pyridine rings is 1. The topological polar surface area (TPSA) is 66.3 Å². The third kappa shape index (κ3) is 5.33. The van der Waals surface area contributed by atoms with Gasteiger partial charge >= 0.3 is 0 Å². The summed E-state index contributed by atoms with van der Waals surface area (Å²) in [4.78, 5) is 27.6. The van der Waals surface area contributed by atoms with Crippen molar-refractivity contribution in [2.45, 2.75) is 18.9 Å². The summed E-state index contributed by atoms with van der Waals surface area (Å²) < 4.78 is 1.81. The Morgan fingerprint density at radius 1 is 0.775 bits per heavy atom.